The molecule has 1 heterocycles. The van der Waals surface area contributed by atoms with Gasteiger partial charge < -0.3 is 14.9 Å². The Bertz CT molecular complexity index is 781. The Labute approximate surface area is 135 Å². The van der Waals surface area contributed by atoms with Gasteiger partial charge in [-0.3, -0.25) is 9.69 Å². The molecule has 2 N–H and O–H groups in total. The average Bonchev–Trinajstić information content (AvgIpc) is 2.50. The molecule has 2 aromatic carbocycles. The van der Waals surface area contributed by atoms with Crippen LogP contribution in [0.2, 0.25) is 10.0 Å². The number of anilines is 1. The van der Waals surface area contributed by atoms with Crippen LogP contribution in [-0.4, -0.2) is 16.1 Å². The van der Waals surface area contributed by atoms with Gasteiger partial charge >= 0.3 is 0 Å². The smallest absolute Gasteiger partial charge is 0.262 e. The highest BCUT2D eigenvalue weighted by molar-refractivity contribution is 6.37. The zero-order valence-electron chi connectivity index (χ0n) is 11.0. The van der Waals surface area contributed by atoms with Crippen molar-refractivity contribution in [2.24, 2.45) is 0 Å². The lowest BCUT2D eigenvalue weighted by Crippen LogP contribution is -2.27. The first-order chi connectivity index (χ1) is 10.5. The maximum atomic E-state index is 12.6. The molecule has 7 heteroatoms. The predicted octanol–water partition coefficient (Wildman–Crippen LogP) is 3.92. The third-order valence-corrected chi connectivity index (χ3v) is 3.67. The highest BCUT2D eigenvalue weighted by Gasteiger charge is 2.24. The molecule has 5 nitrogen and oxygen atoms in total. The van der Waals surface area contributed by atoms with Gasteiger partial charge in [-0.2, -0.15) is 0 Å². The van der Waals surface area contributed by atoms with E-state index in [4.69, 9.17) is 27.9 Å². The largest absolute Gasteiger partial charge is 0.508 e. The molecule has 0 aliphatic carbocycles. The van der Waals surface area contributed by atoms with E-state index in [9.17, 15) is 15.0 Å². The maximum Gasteiger partial charge on any atom is 0.262 e. The predicted molar refractivity (Wildman–Crippen MR) is 82.8 cm³/mol. The number of benzene rings is 2. The summed E-state index contributed by atoms with van der Waals surface area (Å²) in [4.78, 5) is 13.9. The van der Waals surface area contributed by atoms with Crippen LogP contribution in [0.3, 0.4) is 0 Å². The normalized spacial score (nSPS) is 12.7. The van der Waals surface area contributed by atoms with Crippen LogP contribution in [-0.2, 0) is 0 Å². The summed E-state index contributed by atoms with van der Waals surface area (Å²) in [5, 5.41) is 19.1. The third-order valence-electron chi connectivity index (χ3n) is 3.09. The highest BCUT2D eigenvalue weighted by atomic mass is 35.5. The van der Waals surface area contributed by atoms with Crippen LogP contribution in [0.4, 0.5) is 5.69 Å². The topological polar surface area (TPSA) is 70.0 Å². The lowest BCUT2D eigenvalue weighted by atomic mass is 10.1. The Hall–Kier alpha value is -2.37. The molecule has 0 atom stereocenters. The fraction of sp³-hybridized carbons (Fsp3) is 0. The molecule has 0 unspecified atom stereocenters. The molecule has 2 aromatic rings. The molecule has 112 valence electrons. The van der Waals surface area contributed by atoms with E-state index in [0.29, 0.717) is 11.4 Å². The van der Waals surface area contributed by atoms with Crippen molar-refractivity contribution in [1.82, 2.24) is 0 Å². The molecule has 0 radical (unpaired) electrons. The van der Waals surface area contributed by atoms with E-state index in [-0.39, 0.29) is 27.1 Å². The Morgan fingerprint density at radius 1 is 1.09 bits per heavy atom. The van der Waals surface area contributed by atoms with Crippen LogP contribution in [0, 0.1) is 0 Å². The van der Waals surface area contributed by atoms with Crippen LogP contribution in [0.1, 0.15) is 10.4 Å². The monoisotopic (exact) mass is 337 g/mol. The van der Waals surface area contributed by atoms with E-state index in [1.807, 2.05) is 0 Å². The fourth-order valence-corrected chi connectivity index (χ4v) is 2.53. The van der Waals surface area contributed by atoms with Gasteiger partial charge in [-0.25, -0.2) is 0 Å². The summed E-state index contributed by atoms with van der Waals surface area (Å²) in [5.74, 6) is -0.299. The second-order valence-electron chi connectivity index (χ2n) is 4.52. The third kappa shape index (κ3) is 2.45. The van der Waals surface area contributed by atoms with Gasteiger partial charge in [0.25, 0.3) is 5.91 Å². The van der Waals surface area contributed by atoms with Crippen LogP contribution in [0.15, 0.2) is 42.8 Å². The van der Waals surface area contributed by atoms with Crippen LogP contribution in [0.25, 0.3) is 0 Å². The number of phenolic OH excluding ortho intramolecular Hbond substituents is 2. The molecule has 0 spiro atoms. The molecule has 1 aliphatic heterocycles. The molecular weight excluding hydrogens is 329 g/mol. The summed E-state index contributed by atoms with van der Waals surface area (Å²) < 4.78 is 5.28. The van der Waals surface area contributed by atoms with E-state index in [1.165, 1.54) is 41.6 Å². The summed E-state index contributed by atoms with van der Waals surface area (Å²) in [5.41, 5.74) is 0.571. The number of carbonyl (C=O) groups is 1. The van der Waals surface area contributed by atoms with E-state index in [0.717, 1.165) is 0 Å². The number of halogens is 2. The van der Waals surface area contributed by atoms with Crippen LogP contribution >= 0.6 is 23.2 Å². The van der Waals surface area contributed by atoms with Gasteiger partial charge in [-0.15, -0.1) is 0 Å². The lowest BCUT2D eigenvalue weighted by Gasteiger charge is -2.24. The average molecular weight is 338 g/mol. The zero-order chi connectivity index (χ0) is 15.9. The molecular formula is C15H9Cl2NO4. The Morgan fingerprint density at radius 3 is 2.45 bits per heavy atom. The second-order valence-corrected chi connectivity index (χ2v) is 5.33. The SMILES string of the molecule is O=C(c1cc(Cl)c(O)c(Cl)c1)N1C=COc2ccc(O)cc21. The summed E-state index contributed by atoms with van der Waals surface area (Å²) >= 11 is 11.7. The molecule has 1 amide bonds. The van der Waals surface area contributed by atoms with Crippen LogP contribution < -0.4 is 9.64 Å². The zero-order valence-corrected chi connectivity index (χ0v) is 12.5. The summed E-state index contributed by atoms with van der Waals surface area (Å²) in [6.45, 7) is 0. The number of amides is 1. The Morgan fingerprint density at radius 2 is 1.77 bits per heavy atom. The number of fused-ring (bicyclic) bond motifs is 1. The lowest BCUT2D eigenvalue weighted by molar-refractivity contribution is 0.0995. The van der Waals surface area contributed by atoms with Gasteiger partial charge in [-0.1, -0.05) is 23.2 Å². The Balaban J connectivity index is 2.05. The molecule has 0 saturated carbocycles. The number of ether oxygens (including phenoxy) is 1. The number of hydrogen-bond acceptors (Lipinski definition) is 4. The van der Waals surface area contributed by atoms with Gasteiger partial charge in [0.05, 0.1) is 15.7 Å². The molecule has 0 bridgehead atoms. The molecule has 0 saturated heterocycles. The van der Waals surface area contributed by atoms with E-state index in [1.54, 1.807) is 6.07 Å². The van der Waals surface area contributed by atoms with Crippen molar-refractivity contribution in [3.63, 3.8) is 0 Å². The van der Waals surface area contributed by atoms with Gasteiger partial charge in [0.1, 0.15) is 12.0 Å². The molecule has 22 heavy (non-hydrogen) atoms. The maximum absolute atomic E-state index is 12.6. The molecule has 0 aromatic heterocycles. The van der Waals surface area contributed by atoms with Crippen LogP contribution in [0.5, 0.6) is 17.2 Å². The van der Waals surface area contributed by atoms with E-state index < -0.39 is 5.91 Å². The highest BCUT2D eigenvalue weighted by Crippen LogP contribution is 2.37. The minimum absolute atomic E-state index is 0.00257. The molecule has 3 rings (SSSR count). The van der Waals surface area contributed by atoms with Crippen molar-refractivity contribution in [3.05, 3.63) is 58.4 Å². The number of hydrogen-bond donors (Lipinski definition) is 2. The first-order valence-electron chi connectivity index (χ1n) is 6.15. The summed E-state index contributed by atoms with van der Waals surface area (Å²) in [7, 11) is 0. The minimum atomic E-state index is -0.435. The number of rotatable bonds is 1. The van der Waals surface area contributed by atoms with Gasteiger partial charge in [-0.05, 0) is 24.3 Å². The Kier molecular flexibility index (Phi) is 3.60. The van der Waals surface area contributed by atoms with Crippen molar-refractivity contribution < 1.29 is 19.7 Å². The summed E-state index contributed by atoms with van der Waals surface area (Å²) in [6.07, 6.45) is 2.76. The van der Waals surface area contributed by atoms with Crippen molar-refractivity contribution in [2.45, 2.75) is 0 Å². The number of carbonyl (C=O) groups excluding carboxylic acids is 1. The van der Waals surface area contributed by atoms with E-state index >= 15 is 0 Å². The second kappa shape index (κ2) is 5.44. The molecule has 0 fully saturated rings. The molecule has 1 aliphatic rings. The quantitative estimate of drug-likeness (QED) is 0.827. The van der Waals surface area contributed by atoms with Crippen molar-refractivity contribution in [2.75, 3.05) is 4.90 Å². The van der Waals surface area contributed by atoms with Crippen molar-refractivity contribution >= 4 is 34.8 Å². The van der Waals surface area contributed by atoms with Crippen molar-refractivity contribution in [1.29, 1.82) is 0 Å². The standard InChI is InChI=1S/C15H9Cl2NO4/c16-10-5-8(6-11(17)14(10)20)15(21)18-3-4-22-13-2-1-9(19)7-12(13)18/h1-7,19-20H. The van der Waals surface area contributed by atoms with E-state index in [2.05, 4.69) is 0 Å². The van der Waals surface area contributed by atoms with Gasteiger partial charge in [0, 0.05) is 17.8 Å². The minimum Gasteiger partial charge on any atom is -0.508 e. The first kappa shape index (κ1) is 14.6. The number of nitrogens with zero attached hydrogens (tertiary/aromatic N) is 1. The number of phenols is 2. The first-order valence-corrected chi connectivity index (χ1v) is 6.91. The van der Waals surface area contributed by atoms with Gasteiger partial charge in [0.2, 0.25) is 0 Å². The fourth-order valence-electron chi connectivity index (χ4n) is 2.04. The van der Waals surface area contributed by atoms with Crippen molar-refractivity contribution in [3.8, 4) is 17.2 Å². The summed E-state index contributed by atoms with van der Waals surface area (Å²) in [6, 6.07) is 7.04. The number of aromatic hydroxyl groups is 2. The van der Waals surface area contributed by atoms with Gasteiger partial charge in [0.15, 0.2) is 11.5 Å².